The van der Waals surface area contributed by atoms with Crippen molar-refractivity contribution in [2.24, 2.45) is 0 Å². The third kappa shape index (κ3) is 3.58. The molecular formula is C12H19Cl3O8. The van der Waals surface area contributed by atoms with E-state index in [4.69, 9.17) is 49.0 Å². The van der Waals surface area contributed by atoms with E-state index in [1.165, 1.54) is 0 Å². The van der Waals surface area contributed by atoms with E-state index >= 15 is 0 Å². The van der Waals surface area contributed by atoms with Gasteiger partial charge in [-0.3, -0.25) is 0 Å². The molecule has 11 heteroatoms. The molecule has 0 aromatic carbocycles. The van der Waals surface area contributed by atoms with Gasteiger partial charge in [-0.25, -0.2) is 0 Å². The Bertz CT molecular complexity index is 403. The lowest BCUT2D eigenvalue weighted by molar-refractivity contribution is -0.357. The van der Waals surface area contributed by atoms with Crippen LogP contribution in [0, 0.1) is 0 Å². The van der Waals surface area contributed by atoms with E-state index < -0.39 is 66.6 Å². The molecule has 0 aromatic rings. The third-order valence-electron chi connectivity index (χ3n) is 3.96. The van der Waals surface area contributed by atoms with Crippen molar-refractivity contribution in [1.29, 1.82) is 0 Å². The summed E-state index contributed by atoms with van der Waals surface area (Å²) in [7, 11) is 0. The summed E-state index contributed by atoms with van der Waals surface area (Å²) in [6, 6.07) is 0. The predicted octanol–water partition coefficient (Wildman–Crippen LogP) is -1.66. The monoisotopic (exact) mass is 396 g/mol. The minimum Gasteiger partial charge on any atom is -0.394 e. The second kappa shape index (κ2) is 7.84. The molecule has 2 fully saturated rings. The minimum absolute atomic E-state index is 0.125. The number of hydrogen-bond donors (Lipinski definition) is 5. The minimum atomic E-state index is -1.90. The molecule has 0 bridgehead atoms. The first-order chi connectivity index (χ1) is 10.8. The van der Waals surface area contributed by atoms with Crippen molar-refractivity contribution in [3.63, 3.8) is 0 Å². The highest BCUT2D eigenvalue weighted by Crippen LogP contribution is 2.37. The summed E-state index contributed by atoms with van der Waals surface area (Å²) in [5.74, 6) is -2.43. The Kier molecular flexibility index (Phi) is 6.77. The Morgan fingerprint density at radius 3 is 2.13 bits per heavy atom. The standard InChI is InChI=1S/C12H19Cl3O8/c13-1-4-7(17)10(20)12(3-14,22-4)23-11-9(19)8(18)6(15)5(2-16)21-11/h4-11,16-20H,1-3H2/t4-,5+,6+,7+,8-,9-,10+,11-,12+/m0/s1. The zero-order valence-electron chi connectivity index (χ0n) is 11.8. The zero-order chi connectivity index (χ0) is 17.4. The molecule has 2 aliphatic heterocycles. The lowest BCUT2D eigenvalue weighted by Crippen LogP contribution is -2.61. The van der Waals surface area contributed by atoms with Gasteiger partial charge in [0.2, 0.25) is 5.79 Å². The maximum absolute atomic E-state index is 10.1. The van der Waals surface area contributed by atoms with Crippen LogP contribution in [-0.4, -0.2) is 98.0 Å². The Morgan fingerprint density at radius 1 is 1.00 bits per heavy atom. The van der Waals surface area contributed by atoms with Gasteiger partial charge in [0.25, 0.3) is 0 Å². The lowest BCUT2D eigenvalue weighted by atomic mass is 10.0. The molecule has 0 spiro atoms. The highest BCUT2D eigenvalue weighted by Gasteiger charge is 2.58. The van der Waals surface area contributed by atoms with E-state index in [-0.39, 0.29) is 5.88 Å². The number of aliphatic hydroxyl groups is 5. The molecule has 0 aromatic heterocycles. The summed E-state index contributed by atoms with van der Waals surface area (Å²) in [5, 5.41) is 48.1. The molecule has 136 valence electrons. The van der Waals surface area contributed by atoms with Crippen LogP contribution in [0.25, 0.3) is 0 Å². The largest absolute Gasteiger partial charge is 0.394 e. The summed E-state index contributed by atoms with van der Waals surface area (Å²) in [4.78, 5) is 0. The molecule has 0 unspecified atom stereocenters. The van der Waals surface area contributed by atoms with Crippen molar-refractivity contribution in [1.82, 2.24) is 0 Å². The molecule has 0 aliphatic carbocycles. The van der Waals surface area contributed by atoms with Gasteiger partial charge < -0.3 is 39.7 Å². The molecule has 23 heavy (non-hydrogen) atoms. The van der Waals surface area contributed by atoms with Gasteiger partial charge in [-0.05, 0) is 0 Å². The lowest BCUT2D eigenvalue weighted by Gasteiger charge is -2.43. The van der Waals surface area contributed by atoms with Gasteiger partial charge in [0.1, 0.15) is 36.6 Å². The highest BCUT2D eigenvalue weighted by atomic mass is 35.5. The number of aliphatic hydroxyl groups excluding tert-OH is 5. The Balaban J connectivity index is 2.18. The molecule has 2 rings (SSSR count). The maximum atomic E-state index is 10.1. The van der Waals surface area contributed by atoms with E-state index in [2.05, 4.69) is 0 Å². The van der Waals surface area contributed by atoms with Crippen LogP contribution >= 0.6 is 34.8 Å². The molecule has 9 atom stereocenters. The second-order valence-electron chi connectivity index (χ2n) is 5.46. The second-order valence-corrected chi connectivity index (χ2v) is 6.54. The van der Waals surface area contributed by atoms with Crippen LogP contribution in [0.5, 0.6) is 0 Å². The SMILES string of the molecule is OC[C@H]1O[C@@H](O[C@@]2(CCl)O[C@@H](CCl)[C@@H](O)[C@H]2O)[C@@H](O)[C@@H](O)[C@@H]1Cl. The van der Waals surface area contributed by atoms with Gasteiger partial charge in [-0.15, -0.1) is 34.8 Å². The van der Waals surface area contributed by atoms with Crippen molar-refractivity contribution in [3.05, 3.63) is 0 Å². The first-order valence-corrected chi connectivity index (χ1v) is 8.42. The number of rotatable bonds is 5. The zero-order valence-corrected chi connectivity index (χ0v) is 14.1. The normalized spacial score (nSPS) is 51.1. The maximum Gasteiger partial charge on any atom is 0.214 e. The van der Waals surface area contributed by atoms with Gasteiger partial charge >= 0.3 is 0 Å². The Hall–Kier alpha value is 0.550. The summed E-state index contributed by atoms with van der Waals surface area (Å²) >= 11 is 17.3. The van der Waals surface area contributed by atoms with Crippen LogP contribution < -0.4 is 0 Å². The smallest absolute Gasteiger partial charge is 0.214 e. The van der Waals surface area contributed by atoms with Crippen molar-refractivity contribution >= 4 is 34.8 Å². The summed E-state index contributed by atoms with van der Waals surface area (Å²) < 4.78 is 16.1. The van der Waals surface area contributed by atoms with E-state index in [1.54, 1.807) is 0 Å². The van der Waals surface area contributed by atoms with Gasteiger partial charge in [-0.1, -0.05) is 0 Å². The van der Waals surface area contributed by atoms with E-state index in [1.807, 2.05) is 0 Å². The van der Waals surface area contributed by atoms with Gasteiger partial charge in [0, 0.05) is 0 Å². The molecule has 0 amide bonds. The van der Waals surface area contributed by atoms with Crippen LogP contribution in [-0.2, 0) is 14.2 Å². The fraction of sp³-hybridized carbons (Fsp3) is 1.00. The van der Waals surface area contributed by atoms with Crippen molar-refractivity contribution in [2.45, 2.75) is 54.1 Å². The van der Waals surface area contributed by atoms with E-state index in [9.17, 15) is 25.5 Å². The molecule has 2 saturated heterocycles. The fourth-order valence-corrected chi connectivity index (χ4v) is 3.37. The number of hydrogen-bond acceptors (Lipinski definition) is 8. The first-order valence-electron chi connectivity index (χ1n) is 6.91. The van der Waals surface area contributed by atoms with Gasteiger partial charge in [-0.2, -0.15) is 0 Å². The fourth-order valence-electron chi connectivity index (χ4n) is 2.56. The molecule has 0 saturated carbocycles. The Labute approximate surface area is 147 Å². The molecule has 5 N–H and O–H groups in total. The van der Waals surface area contributed by atoms with Crippen LogP contribution in [0.4, 0.5) is 0 Å². The summed E-state index contributed by atoms with van der Waals surface area (Å²) in [6.45, 7) is -0.526. The Morgan fingerprint density at radius 2 is 1.65 bits per heavy atom. The molecule has 2 heterocycles. The van der Waals surface area contributed by atoms with E-state index in [0.29, 0.717) is 0 Å². The molecule has 2 aliphatic rings. The predicted molar refractivity (Wildman–Crippen MR) is 79.5 cm³/mol. The number of alkyl halides is 3. The first kappa shape index (κ1) is 19.9. The summed E-state index contributed by atoms with van der Waals surface area (Å²) in [5.41, 5.74) is 0. The average molecular weight is 398 g/mol. The molecule has 8 nitrogen and oxygen atoms in total. The van der Waals surface area contributed by atoms with Crippen LogP contribution in [0.2, 0.25) is 0 Å². The topological polar surface area (TPSA) is 129 Å². The highest BCUT2D eigenvalue weighted by molar-refractivity contribution is 6.21. The average Bonchev–Trinajstić information content (AvgIpc) is 2.80. The van der Waals surface area contributed by atoms with Crippen LogP contribution in [0.1, 0.15) is 0 Å². The quantitative estimate of drug-likeness (QED) is 0.349. The van der Waals surface area contributed by atoms with E-state index in [0.717, 1.165) is 0 Å². The third-order valence-corrected chi connectivity index (χ3v) is 5.17. The molecule has 0 radical (unpaired) electrons. The van der Waals surface area contributed by atoms with Gasteiger partial charge in [0.15, 0.2) is 6.29 Å². The number of ether oxygens (including phenoxy) is 3. The summed E-state index contributed by atoms with van der Waals surface area (Å²) in [6.07, 6.45) is -9.39. The van der Waals surface area contributed by atoms with Crippen LogP contribution in [0.15, 0.2) is 0 Å². The van der Waals surface area contributed by atoms with Crippen molar-refractivity contribution in [2.75, 3.05) is 18.4 Å². The van der Waals surface area contributed by atoms with Crippen molar-refractivity contribution < 1.29 is 39.7 Å². The molecular weight excluding hydrogens is 378 g/mol. The number of halogens is 3. The van der Waals surface area contributed by atoms with Gasteiger partial charge in [0.05, 0.1) is 23.7 Å². The van der Waals surface area contributed by atoms with Crippen molar-refractivity contribution in [3.8, 4) is 0 Å². The van der Waals surface area contributed by atoms with Crippen LogP contribution in [0.3, 0.4) is 0 Å².